The van der Waals surface area contributed by atoms with E-state index < -0.39 is 24.3 Å². The van der Waals surface area contributed by atoms with Gasteiger partial charge in [0.2, 0.25) is 11.8 Å². The summed E-state index contributed by atoms with van der Waals surface area (Å²) in [7, 11) is 2.59. The van der Waals surface area contributed by atoms with Crippen LogP contribution in [0.4, 0.5) is 9.59 Å². The minimum Gasteiger partial charge on any atom is -0.453 e. The fourth-order valence-electron chi connectivity index (χ4n) is 9.50. The Balaban J connectivity index is 0.953. The number of ether oxygens (including phenoxy) is 2. The standard InChI is InChI=1S/C44H48BrClN8O6/c1-19(2)34(50-43(57)59-5)41(55)53-30-14-24(30)16-32(53)39-47-29-18-28(46)27-13-23(11-12-26(27)37(29)49-39)21-7-9-22(10-8-21)36-38(45)52-40(48-36)33-17-25-15-31(25)54(33)42(56)35(20(3)4)51-44(58)60-6/h7-13,18-20,24-25,30-35H,14-17H2,1-6H3,(H,47,49)(H,48,52)(H,50,57)(H,51,58)/t24-,25-,30-,31-,32+,33+,34+,35+/m1/s1. The van der Waals surface area contributed by atoms with Gasteiger partial charge in [0.15, 0.2) is 0 Å². The summed E-state index contributed by atoms with van der Waals surface area (Å²) in [6, 6.07) is 14.6. The van der Waals surface area contributed by atoms with Gasteiger partial charge in [-0.15, -0.1) is 0 Å². The van der Waals surface area contributed by atoms with Crippen molar-refractivity contribution in [3.63, 3.8) is 0 Å². The molecule has 4 aliphatic rings. The number of nitrogens with zero attached hydrogens (tertiary/aromatic N) is 4. The van der Waals surface area contributed by atoms with Gasteiger partial charge >= 0.3 is 12.2 Å². The molecular weight excluding hydrogens is 852 g/mol. The SMILES string of the molecule is COC(=O)N[C@H](C(=O)N1[C@@H]2C[C@@H]2C[C@H]1c1nc(-c2ccc(-c3ccc4c(c3)c(Cl)cc3[nH]c([C@@H]5C[C@H]6C[C@H]6N5C(=O)[C@@H](NC(=O)OC)C(C)C)nc34)cc2)c(Br)[nH]1)C(C)C. The molecule has 4 amide bonds. The Kier molecular flexibility index (Phi) is 10.3. The van der Waals surface area contributed by atoms with Gasteiger partial charge in [0.25, 0.3) is 0 Å². The number of aromatic amines is 2. The van der Waals surface area contributed by atoms with Crippen LogP contribution in [0.1, 0.15) is 77.1 Å². The summed E-state index contributed by atoms with van der Waals surface area (Å²) >= 11 is 10.7. The third kappa shape index (κ3) is 7.06. The number of carbonyl (C=O) groups excluding carboxylic acids is 4. The second kappa shape index (κ2) is 15.4. The first kappa shape index (κ1) is 40.3. The number of aromatic nitrogens is 4. The highest BCUT2D eigenvalue weighted by Crippen LogP contribution is 2.55. The summed E-state index contributed by atoms with van der Waals surface area (Å²) in [5.41, 5.74) is 5.21. The van der Waals surface area contributed by atoms with Crippen LogP contribution in [-0.2, 0) is 19.1 Å². The normalized spacial score (nSPS) is 23.8. The maximum atomic E-state index is 14.0. The fraction of sp³-hybridized carbons (Fsp3) is 0.455. The lowest BCUT2D eigenvalue weighted by atomic mass is 9.99. The molecule has 60 heavy (non-hydrogen) atoms. The minimum absolute atomic E-state index is 0.120. The van der Waals surface area contributed by atoms with Gasteiger partial charge in [0, 0.05) is 28.4 Å². The highest BCUT2D eigenvalue weighted by Gasteiger charge is 2.57. The van der Waals surface area contributed by atoms with Gasteiger partial charge in [0.1, 0.15) is 34.0 Å². The molecule has 2 aliphatic carbocycles. The Bertz CT molecular complexity index is 2540. The number of halogens is 2. The minimum atomic E-state index is -0.711. The number of amides is 4. The average Bonchev–Trinajstić information content (AvgIpc) is 3.92. The molecule has 16 heteroatoms. The number of H-pyrrole nitrogens is 2. The number of hydrogen-bond acceptors (Lipinski definition) is 8. The van der Waals surface area contributed by atoms with E-state index in [1.54, 1.807) is 0 Å². The van der Waals surface area contributed by atoms with Crippen LogP contribution in [-0.4, -0.2) is 92.1 Å². The van der Waals surface area contributed by atoms with E-state index in [0.717, 1.165) is 74.5 Å². The quantitative estimate of drug-likeness (QED) is 0.108. The second-order valence-electron chi connectivity index (χ2n) is 17.3. The van der Waals surface area contributed by atoms with E-state index >= 15 is 0 Å². The molecule has 2 saturated heterocycles. The van der Waals surface area contributed by atoms with Gasteiger partial charge in [-0.2, -0.15) is 0 Å². The van der Waals surface area contributed by atoms with Gasteiger partial charge in [0.05, 0.1) is 42.4 Å². The van der Waals surface area contributed by atoms with Crippen molar-refractivity contribution >= 4 is 73.3 Å². The van der Waals surface area contributed by atoms with Crippen LogP contribution >= 0.6 is 27.5 Å². The first-order valence-electron chi connectivity index (χ1n) is 20.6. The Labute approximate surface area is 360 Å². The number of rotatable bonds is 10. The van der Waals surface area contributed by atoms with Crippen LogP contribution in [0.2, 0.25) is 5.02 Å². The van der Waals surface area contributed by atoms with Gasteiger partial charge in [-0.1, -0.05) is 75.7 Å². The molecule has 2 aliphatic heterocycles. The lowest BCUT2D eigenvalue weighted by Crippen LogP contribution is -2.52. The van der Waals surface area contributed by atoms with Crippen molar-refractivity contribution in [3.8, 4) is 22.4 Å². The van der Waals surface area contributed by atoms with E-state index in [2.05, 4.69) is 60.8 Å². The molecule has 14 nitrogen and oxygen atoms in total. The van der Waals surface area contributed by atoms with E-state index in [0.29, 0.717) is 28.5 Å². The third-order valence-corrected chi connectivity index (χ3v) is 13.7. The number of benzene rings is 3. The number of nitrogens with one attached hydrogen (secondary N) is 4. The largest absolute Gasteiger partial charge is 0.453 e. The Hall–Kier alpha value is -5.15. The molecule has 0 radical (unpaired) electrons. The number of fused-ring (bicyclic) bond motifs is 5. The van der Waals surface area contributed by atoms with E-state index in [-0.39, 0.29) is 47.8 Å². The van der Waals surface area contributed by atoms with E-state index in [1.165, 1.54) is 14.2 Å². The number of methoxy groups -OCH3 is 2. The number of imidazole rings is 2. The van der Waals surface area contributed by atoms with Crippen molar-refractivity contribution < 1.29 is 28.7 Å². The smallest absolute Gasteiger partial charge is 0.407 e. The fourth-order valence-corrected chi connectivity index (χ4v) is 10.3. The molecule has 4 fully saturated rings. The molecule has 4 heterocycles. The highest BCUT2D eigenvalue weighted by molar-refractivity contribution is 9.10. The van der Waals surface area contributed by atoms with Gasteiger partial charge in [-0.3, -0.25) is 9.59 Å². The van der Waals surface area contributed by atoms with Crippen molar-refractivity contribution in [3.05, 3.63) is 69.8 Å². The molecule has 5 aromatic rings. The van der Waals surface area contributed by atoms with Crippen molar-refractivity contribution in [1.29, 1.82) is 0 Å². The first-order valence-corrected chi connectivity index (χ1v) is 21.7. The van der Waals surface area contributed by atoms with Crippen LogP contribution in [0.15, 0.2) is 53.1 Å². The van der Waals surface area contributed by atoms with E-state index in [9.17, 15) is 19.2 Å². The Morgan fingerprint density at radius 2 is 1.23 bits per heavy atom. The van der Waals surface area contributed by atoms with Crippen molar-refractivity contribution in [1.82, 2.24) is 40.4 Å². The van der Waals surface area contributed by atoms with Crippen molar-refractivity contribution in [2.24, 2.45) is 23.7 Å². The molecule has 2 saturated carbocycles. The van der Waals surface area contributed by atoms with Crippen molar-refractivity contribution in [2.45, 2.75) is 89.6 Å². The molecule has 2 aromatic heterocycles. The van der Waals surface area contributed by atoms with Crippen LogP contribution in [0.5, 0.6) is 0 Å². The summed E-state index contributed by atoms with van der Waals surface area (Å²) in [6.45, 7) is 7.65. The number of piperidine rings is 2. The zero-order chi connectivity index (χ0) is 42.3. The second-order valence-corrected chi connectivity index (χ2v) is 18.5. The summed E-state index contributed by atoms with van der Waals surface area (Å²) < 4.78 is 10.4. The monoisotopic (exact) mass is 898 g/mol. The molecule has 3 aromatic carbocycles. The van der Waals surface area contributed by atoms with Gasteiger partial charge in [-0.25, -0.2) is 19.6 Å². The third-order valence-electron chi connectivity index (χ3n) is 12.9. The average molecular weight is 900 g/mol. The highest BCUT2D eigenvalue weighted by atomic mass is 79.9. The van der Waals surface area contributed by atoms with Crippen LogP contribution < -0.4 is 10.6 Å². The van der Waals surface area contributed by atoms with Crippen LogP contribution in [0.3, 0.4) is 0 Å². The summed E-state index contributed by atoms with van der Waals surface area (Å²) in [6.07, 6.45) is 2.26. The lowest BCUT2D eigenvalue weighted by molar-refractivity contribution is -0.137. The summed E-state index contributed by atoms with van der Waals surface area (Å²) in [4.78, 5) is 72.9. The number of likely N-dealkylation sites (tertiary alicyclic amines) is 2. The number of alkyl carbamates (subject to hydrolysis) is 2. The Morgan fingerprint density at radius 3 is 1.77 bits per heavy atom. The molecular formula is C44H48BrClN8O6. The molecule has 9 rings (SSSR count). The predicted molar refractivity (Wildman–Crippen MR) is 230 cm³/mol. The Morgan fingerprint density at radius 1 is 0.717 bits per heavy atom. The van der Waals surface area contributed by atoms with E-state index in [1.807, 2.05) is 61.8 Å². The zero-order valence-corrected chi connectivity index (χ0v) is 36.6. The maximum Gasteiger partial charge on any atom is 0.407 e. The van der Waals surface area contributed by atoms with Gasteiger partial charge in [-0.05, 0) is 88.5 Å². The number of carbonyl (C=O) groups is 4. The van der Waals surface area contributed by atoms with Crippen LogP contribution in [0.25, 0.3) is 44.2 Å². The molecule has 314 valence electrons. The molecule has 0 spiro atoms. The first-order chi connectivity index (χ1) is 28.8. The molecule has 4 N–H and O–H groups in total. The maximum absolute atomic E-state index is 14.0. The lowest BCUT2D eigenvalue weighted by Gasteiger charge is -2.31. The van der Waals surface area contributed by atoms with E-state index in [4.69, 9.17) is 31.0 Å². The molecule has 0 bridgehead atoms. The van der Waals surface area contributed by atoms with Crippen molar-refractivity contribution in [2.75, 3.05) is 14.2 Å². The topological polar surface area (TPSA) is 175 Å². The predicted octanol–water partition coefficient (Wildman–Crippen LogP) is 8.27. The summed E-state index contributed by atoms with van der Waals surface area (Å²) in [5, 5.41) is 7.83. The number of hydrogen-bond donors (Lipinski definition) is 4. The van der Waals surface area contributed by atoms with Gasteiger partial charge < -0.3 is 39.9 Å². The zero-order valence-electron chi connectivity index (χ0n) is 34.2. The van der Waals surface area contributed by atoms with Crippen LogP contribution in [0, 0.1) is 23.7 Å². The summed E-state index contributed by atoms with van der Waals surface area (Å²) in [5.74, 6) is 1.74. The molecule has 0 unspecified atom stereocenters. The molecule has 8 atom stereocenters.